The van der Waals surface area contributed by atoms with E-state index in [9.17, 15) is 24.3 Å². The number of ketones is 1. The van der Waals surface area contributed by atoms with E-state index in [1.807, 2.05) is 13.0 Å². The van der Waals surface area contributed by atoms with E-state index in [1.165, 1.54) is 19.2 Å². The third-order valence-corrected chi connectivity index (χ3v) is 5.06. The van der Waals surface area contributed by atoms with E-state index in [0.717, 1.165) is 10.5 Å². The Balaban J connectivity index is 1.79. The number of carbonyl (C=O) groups excluding carboxylic acids is 3. The molecule has 0 saturated heterocycles. The number of urea groups is 1. The fourth-order valence-electron chi connectivity index (χ4n) is 3.39. The highest BCUT2D eigenvalue weighted by Crippen LogP contribution is 2.24. The first kappa shape index (κ1) is 25.0. The van der Waals surface area contributed by atoms with Crippen LogP contribution < -0.4 is 20.3 Å². The standard InChI is InChI=1S/C26H25N3O6/c1-17-6-5-7-19(14-17)28-26(34)27-15-23(30)29(16-24(31)32)22-9-4-3-8-21(22)25(33)18-10-12-20(35-2)13-11-18/h3-14H,15-16H2,1-2H3,(H,31,32)(H2,27,28,34). The summed E-state index contributed by atoms with van der Waals surface area (Å²) in [4.78, 5) is 50.9. The number of nitrogens with zero attached hydrogens (tertiary/aromatic N) is 1. The van der Waals surface area contributed by atoms with Gasteiger partial charge in [0.15, 0.2) is 5.78 Å². The minimum absolute atomic E-state index is 0.126. The number of nitrogens with one attached hydrogen (secondary N) is 2. The molecule has 9 heteroatoms. The van der Waals surface area contributed by atoms with Gasteiger partial charge >= 0.3 is 12.0 Å². The van der Waals surface area contributed by atoms with Gasteiger partial charge in [-0.15, -0.1) is 0 Å². The van der Waals surface area contributed by atoms with Crippen LogP contribution in [0.15, 0.2) is 72.8 Å². The van der Waals surface area contributed by atoms with Crippen LogP contribution in [0.3, 0.4) is 0 Å². The zero-order chi connectivity index (χ0) is 25.4. The molecule has 3 N–H and O–H groups in total. The number of para-hydroxylation sites is 1. The Bertz CT molecular complexity index is 1240. The summed E-state index contributed by atoms with van der Waals surface area (Å²) in [5.41, 5.74) is 2.12. The van der Waals surface area contributed by atoms with E-state index >= 15 is 0 Å². The van der Waals surface area contributed by atoms with Crippen LogP contribution in [-0.4, -0.2) is 49.0 Å². The van der Waals surface area contributed by atoms with Gasteiger partial charge in [-0.2, -0.15) is 0 Å². The molecule has 0 aliphatic rings. The molecule has 3 aromatic rings. The van der Waals surface area contributed by atoms with Gasteiger partial charge in [0.05, 0.1) is 19.3 Å². The zero-order valence-electron chi connectivity index (χ0n) is 19.3. The van der Waals surface area contributed by atoms with Crippen molar-refractivity contribution in [3.8, 4) is 5.75 Å². The summed E-state index contributed by atoms with van der Waals surface area (Å²) in [6.45, 7) is 0.712. The number of ether oxygens (including phenoxy) is 1. The average molecular weight is 476 g/mol. The van der Waals surface area contributed by atoms with Crippen LogP contribution in [0.5, 0.6) is 5.75 Å². The van der Waals surface area contributed by atoms with Crippen molar-refractivity contribution in [2.75, 3.05) is 30.4 Å². The van der Waals surface area contributed by atoms with Gasteiger partial charge in [-0.25, -0.2) is 4.79 Å². The maximum Gasteiger partial charge on any atom is 0.323 e. The number of aryl methyl sites for hydroxylation is 1. The molecule has 0 spiro atoms. The van der Waals surface area contributed by atoms with E-state index in [0.29, 0.717) is 17.0 Å². The quantitative estimate of drug-likeness (QED) is 0.407. The minimum atomic E-state index is -1.27. The monoisotopic (exact) mass is 475 g/mol. The van der Waals surface area contributed by atoms with Crippen LogP contribution in [0.2, 0.25) is 0 Å². The molecule has 3 rings (SSSR count). The summed E-state index contributed by atoms with van der Waals surface area (Å²) < 4.78 is 5.11. The maximum absolute atomic E-state index is 13.2. The van der Waals surface area contributed by atoms with Gasteiger partial charge in [0.2, 0.25) is 5.91 Å². The fourth-order valence-corrected chi connectivity index (χ4v) is 3.39. The number of amides is 3. The largest absolute Gasteiger partial charge is 0.497 e. The number of benzene rings is 3. The highest BCUT2D eigenvalue weighted by atomic mass is 16.5. The summed E-state index contributed by atoms with van der Waals surface area (Å²) in [7, 11) is 1.51. The number of carbonyl (C=O) groups is 4. The van der Waals surface area contributed by atoms with Gasteiger partial charge in [-0.05, 0) is 61.0 Å². The van der Waals surface area contributed by atoms with E-state index in [1.54, 1.807) is 54.6 Å². The van der Waals surface area contributed by atoms with Crippen LogP contribution in [0.25, 0.3) is 0 Å². The lowest BCUT2D eigenvalue weighted by Gasteiger charge is -2.23. The Hall–Kier alpha value is -4.66. The molecule has 0 radical (unpaired) electrons. The van der Waals surface area contributed by atoms with E-state index < -0.39 is 36.8 Å². The van der Waals surface area contributed by atoms with Crippen LogP contribution >= 0.6 is 0 Å². The van der Waals surface area contributed by atoms with Crippen molar-refractivity contribution in [3.05, 3.63) is 89.5 Å². The Morgan fingerprint density at radius 3 is 2.31 bits per heavy atom. The summed E-state index contributed by atoms with van der Waals surface area (Å²) in [5.74, 6) is -1.78. The molecule has 3 aromatic carbocycles. The Morgan fingerprint density at radius 2 is 1.66 bits per heavy atom. The number of carboxylic acids is 1. The first-order valence-electron chi connectivity index (χ1n) is 10.7. The van der Waals surface area contributed by atoms with Gasteiger partial charge in [-0.3, -0.25) is 19.3 Å². The first-order chi connectivity index (χ1) is 16.8. The lowest BCUT2D eigenvalue weighted by molar-refractivity contribution is -0.136. The fraction of sp³-hybridized carbons (Fsp3) is 0.154. The van der Waals surface area contributed by atoms with Crippen molar-refractivity contribution in [1.29, 1.82) is 0 Å². The molecule has 0 fully saturated rings. The average Bonchev–Trinajstić information content (AvgIpc) is 2.85. The number of hydrogen-bond donors (Lipinski definition) is 3. The van der Waals surface area contributed by atoms with Crippen molar-refractivity contribution in [2.45, 2.75) is 6.92 Å². The van der Waals surface area contributed by atoms with Crippen molar-refractivity contribution >= 4 is 35.1 Å². The van der Waals surface area contributed by atoms with Gasteiger partial charge < -0.3 is 20.5 Å². The lowest BCUT2D eigenvalue weighted by atomic mass is 10.0. The summed E-state index contributed by atoms with van der Waals surface area (Å²) in [5, 5.41) is 14.5. The number of hydrogen-bond acceptors (Lipinski definition) is 5. The third-order valence-electron chi connectivity index (χ3n) is 5.06. The van der Waals surface area contributed by atoms with Gasteiger partial charge in [-0.1, -0.05) is 24.3 Å². The molecule has 0 atom stereocenters. The molecule has 0 unspecified atom stereocenters. The number of anilines is 2. The molecule has 180 valence electrons. The number of methoxy groups -OCH3 is 1. The van der Waals surface area contributed by atoms with Crippen LogP contribution in [0.1, 0.15) is 21.5 Å². The molecule has 0 saturated carbocycles. The Kier molecular flexibility index (Phi) is 8.18. The van der Waals surface area contributed by atoms with E-state index in [-0.39, 0.29) is 11.3 Å². The Labute approximate surface area is 202 Å². The van der Waals surface area contributed by atoms with Crippen LogP contribution in [0.4, 0.5) is 16.2 Å². The highest BCUT2D eigenvalue weighted by Gasteiger charge is 2.24. The van der Waals surface area contributed by atoms with Crippen molar-refractivity contribution in [2.24, 2.45) is 0 Å². The smallest absolute Gasteiger partial charge is 0.323 e. The molecule has 3 amide bonds. The van der Waals surface area contributed by atoms with Gasteiger partial charge in [0.1, 0.15) is 12.3 Å². The maximum atomic E-state index is 13.2. The molecular weight excluding hydrogens is 450 g/mol. The predicted molar refractivity (Wildman–Crippen MR) is 131 cm³/mol. The van der Waals surface area contributed by atoms with Gasteiger partial charge in [0, 0.05) is 16.8 Å². The molecule has 0 aromatic heterocycles. The normalized spacial score (nSPS) is 10.2. The molecule has 9 nitrogen and oxygen atoms in total. The summed E-state index contributed by atoms with van der Waals surface area (Å²) >= 11 is 0. The lowest BCUT2D eigenvalue weighted by Crippen LogP contribution is -2.44. The number of carboxylic acid groups (broad SMARTS) is 1. The van der Waals surface area contributed by atoms with Crippen LogP contribution in [-0.2, 0) is 9.59 Å². The highest BCUT2D eigenvalue weighted by molar-refractivity contribution is 6.15. The number of aliphatic carboxylic acids is 1. The molecule has 0 heterocycles. The molecular formula is C26H25N3O6. The molecule has 0 bridgehead atoms. The minimum Gasteiger partial charge on any atom is -0.497 e. The predicted octanol–water partition coefficient (Wildman–Crippen LogP) is 3.47. The van der Waals surface area contributed by atoms with Crippen molar-refractivity contribution in [1.82, 2.24) is 5.32 Å². The van der Waals surface area contributed by atoms with E-state index in [4.69, 9.17) is 4.74 Å². The first-order valence-corrected chi connectivity index (χ1v) is 10.7. The molecule has 35 heavy (non-hydrogen) atoms. The Morgan fingerprint density at radius 1 is 0.943 bits per heavy atom. The second-order valence-corrected chi connectivity index (χ2v) is 7.63. The second kappa shape index (κ2) is 11.5. The summed E-state index contributed by atoms with van der Waals surface area (Å²) in [6, 6.07) is 19.1. The van der Waals surface area contributed by atoms with Crippen LogP contribution in [0, 0.1) is 6.92 Å². The molecule has 0 aliphatic carbocycles. The van der Waals surface area contributed by atoms with E-state index in [2.05, 4.69) is 10.6 Å². The molecule has 0 aliphatic heterocycles. The SMILES string of the molecule is COc1ccc(C(=O)c2ccccc2N(CC(=O)O)C(=O)CNC(=O)Nc2cccc(C)c2)cc1. The topological polar surface area (TPSA) is 125 Å². The third kappa shape index (κ3) is 6.67. The van der Waals surface area contributed by atoms with Crippen molar-refractivity contribution in [3.63, 3.8) is 0 Å². The summed E-state index contributed by atoms with van der Waals surface area (Å²) in [6.07, 6.45) is 0. The number of rotatable bonds is 9. The van der Waals surface area contributed by atoms with Gasteiger partial charge in [0.25, 0.3) is 0 Å². The second-order valence-electron chi connectivity index (χ2n) is 7.63. The van der Waals surface area contributed by atoms with Crippen molar-refractivity contribution < 1.29 is 29.0 Å². The zero-order valence-corrected chi connectivity index (χ0v) is 19.3.